The molecule has 0 saturated carbocycles. The van der Waals surface area contributed by atoms with Gasteiger partial charge in [-0.3, -0.25) is 9.59 Å². The van der Waals surface area contributed by atoms with Crippen molar-refractivity contribution in [2.75, 3.05) is 13.7 Å². The molecule has 1 aromatic rings. The first-order valence-corrected chi connectivity index (χ1v) is 7.17. The minimum absolute atomic E-state index is 0.0846. The van der Waals surface area contributed by atoms with Crippen molar-refractivity contribution < 1.29 is 14.3 Å². The lowest BCUT2D eigenvalue weighted by Gasteiger charge is -2.25. The highest BCUT2D eigenvalue weighted by Gasteiger charge is 2.27. The standard InChI is InChI=1S/C16H25N3O3/c1-16(2,3)14(17)15(21)19-10-13(20)18-9-11-5-7-12(22-4)8-6-11/h5-8,14H,9-10,17H2,1-4H3,(H,18,20)(H,19,21)/t14-/m1/s1. The zero-order valence-corrected chi connectivity index (χ0v) is 13.6. The predicted molar refractivity (Wildman–Crippen MR) is 85.3 cm³/mol. The summed E-state index contributed by atoms with van der Waals surface area (Å²) in [6.07, 6.45) is 0. The van der Waals surface area contributed by atoms with E-state index >= 15 is 0 Å². The summed E-state index contributed by atoms with van der Waals surface area (Å²) in [6, 6.07) is 6.74. The molecule has 1 atom stereocenters. The van der Waals surface area contributed by atoms with E-state index in [0.717, 1.165) is 11.3 Å². The van der Waals surface area contributed by atoms with Crippen LogP contribution in [0, 0.1) is 5.41 Å². The Morgan fingerprint density at radius 1 is 1.18 bits per heavy atom. The summed E-state index contributed by atoms with van der Waals surface area (Å²) in [4.78, 5) is 23.5. The quantitative estimate of drug-likeness (QED) is 0.724. The average Bonchev–Trinajstić information content (AvgIpc) is 2.49. The molecule has 0 saturated heterocycles. The number of carbonyl (C=O) groups is 2. The number of rotatable bonds is 6. The van der Waals surface area contributed by atoms with Crippen LogP contribution in [-0.2, 0) is 16.1 Å². The van der Waals surface area contributed by atoms with E-state index in [4.69, 9.17) is 10.5 Å². The van der Waals surface area contributed by atoms with Crippen LogP contribution in [0.3, 0.4) is 0 Å². The van der Waals surface area contributed by atoms with Crippen molar-refractivity contribution in [1.29, 1.82) is 0 Å². The first-order valence-electron chi connectivity index (χ1n) is 7.17. The lowest BCUT2D eigenvalue weighted by atomic mass is 9.87. The summed E-state index contributed by atoms with van der Waals surface area (Å²) in [5.41, 5.74) is 6.42. The number of hydrogen-bond acceptors (Lipinski definition) is 4. The Bertz CT molecular complexity index is 506. The van der Waals surface area contributed by atoms with Crippen molar-refractivity contribution in [3.05, 3.63) is 29.8 Å². The van der Waals surface area contributed by atoms with Gasteiger partial charge in [0, 0.05) is 6.54 Å². The van der Waals surface area contributed by atoms with Crippen molar-refractivity contribution in [1.82, 2.24) is 10.6 Å². The first kappa shape index (κ1) is 18.0. The molecule has 0 bridgehead atoms. The molecule has 4 N–H and O–H groups in total. The molecule has 0 heterocycles. The highest BCUT2D eigenvalue weighted by atomic mass is 16.5. The Morgan fingerprint density at radius 3 is 2.27 bits per heavy atom. The van der Waals surface area contributed by atoms with Gasteiger partial charge < -0.3 is 21.1 Å². The number of nitrogens with two attached hydrogens (primary N) is 1. The van der Waals surface area contributed by atoms with Crippen LogP contribution in [0.1, 0.15) is 26.3 Å². The molecular formula is C16H25N3O3. The number of benzene rings is 1. The molecule has 1 aromatic carbocycles. The van der Waals surface area contributed by atoms with Crippen LogP contribution in [0.2, 0.25) is 0 Å². The number of methoxy groups -OCH3 is 1. The van der Waals surface area contributed by atoms with Crippen LogP contribution in [0.4, 0.5) is 0 Å². The molecule has 0 spiro atoms. The molecule has 0 unspecified atom stereocenters. The Labute approximate surface area is 131 Å². The molecule has 0 aliphatic rings. The number of carbonyl (C=O) groups excluding carboxylic acids is 2. The zero-order valence-electron chi connectivity index (χ0n) is 13.6. The van der Waals surface area contributed by atoms with Gasteiger partial charge in [0.1, 0.15) is 5.75 Å². The van der Waals surface area contributed by atoms with Gasteiger partial charge in [0.25, 0.3) is 0 Å². The van der Waals surface area contributed by atoms with Crippen molar-refractivity contribution in [3.63, 3.8) is 0 Å². The molecule has 122 valence electrons. The first-order chi connectivity index (χ1) is 10.2. The van der Waals surface area contributed by atoms with E-state index in [1.54, 1.807) is 7.11 Å². The highest BCUT2D eigenvalue weighted by Crippen LogP contribution is 2.17. The Hall–Kier alpha value is -2.08. The average molecular weight is 307 g/mol. The second-order valence-electron chi connectivity index (χ2n) is 6.19. The molecular weight excluding hydrogens is 282 g/mol. The largest absolute Gasteiger partial charge is 0.497 e. The zero-order chi connectivity index (χ0) is 16.8. The molecule has 0 radical (unpaired) electrons. The van der Waals surface area contributed by atoms with E-state index in [-0.39, 0.29) is 23.8 Å². The van der Waals surface area contributed by atoms with Gasteiger partial charge in [0.15, 0.2) is 0 Å². The van der Waals surface area contributed by atoms with Gasteiger partial charge in [-0.1, -0.05) is 32.9 Å². The van der Waals surface area contributed by atoms with E-state index < -0.39 is 6.04 Å². The number of ether oxygens (including phenoxy) is 1. The summed E-state index contributed by atoms with van der Waals surface area (Å²) in [7, 11) is 1.60. The fourth-order valence-electron chi connectivity index (χ4n) is 1.68. The van der Waals surface area contributed by atoms with E-state index in [1.807, 2.05) is 45.0 Å². The highest BCUT2D eigenvalue weighted by molar-refractivity contribution is 5.87. The Morgan fingerprint density at radius 2 is 1.77 bits per heavy atom. The molecule has 0 fully saturated rings. The van der Waals surface area contributed by atoms with E-state index in [9.17, 15) is 9.59 Å². The topological polar surface area (TPSA) is 93.5 Å². The third-order valence-electron chi connectivity index (χ3n) is 3.29. The van der Waals surface area contributed by atoms with Crippen molar-refractivity contribution in [3.8, 4) is 5.75 Å². The van der Waals surface area contributed by atoms with Gasteiger partial charge in [-0.05, 0) is 23.1 Å². The maximum absolute atomic E-state index is 11.8. The third kappa shape index (κ3) is 5.73. The minimum Gasteiger partial charge on any atom is -0.497 e. The number of hydrogen-bond donors (Lipinski definition) is 3. The Balaban J connectivity index is 2.35. The summed E-state index contributed by atoms with van der Waals surface area (Å²) < 4.78 is 5.06. The van der Waals surface area contributed by atoms with Crippen LogP contribution in [0.5, 0.6) is 5.75 Å². The normalized spacial score (nSPS) is 12.4. The van der Waals surface area contributed by atoms with Crippen LogP contribution in [0.25, 0.3) is 0 Å². The summed E-state index contributed by atoms with van der Waals surface area (Å²) in [6.45, 7) is 5.94. The SMILES string of the molecule is COc1ccc(CNC(=O)CNC(=O)[C@@H](N)C(C)(C)C)cc1. The van der Waals surface area contributed by atoms with Crippen molar-refractivity contribution >= 4 is 11.8 Å². The monoisotopic (exact) mass is 307 g/mol. The summed E-state index contributed by atoms with van der Waals surface area (Å²) in [5, 5.41) is 5.28. The molecule has 1 rings (SSSR count). The minimum atomic E-state index is -0.651. The van der Waals surface area contributed by atoms with Crippen LogP contribution < -0.4 is 21.1 Å². The third-order valence-corrected chi connectivity index (χ3v) is 3.29. The van der Waals surface area contributed by atoms with Crippen molar-refractivity contribution in [2.24, 2.45) is 11.1 Å². The van der Waals surface area contributed by atoms with Crippen molar-refractivity contribution in [2.45, 2.75) is 33.4 Å². The number of nitrogens with one attached hydrogen (secondary N) is 2. The molecule has 22 heavy (non-hydrogen) atoms. The number of amides is 2. The van der Waals surface area contributed by atoms with Gasteiger partial charge in [-0.25, -0.2) is 0 Å². The fraction of sp³-hybridized carbons (Fsp3) is 0.500. The molecule has 2 amide bonds. The van der Waals surface area contributed by atoms with E-state index in [1.165, 1.54) is 0 Å². The second kappa shape index (κ2) is 7.79. The smallest absolute Gasteiger partial charge is 0.239 e. The molecule has 6 heteroatoms. The lowest BCUT2D eigenvalue weighted by molar-refractivity contribution is -0.128. The maximum Gasteiger partial charge on any atom is 0.239 e. The summed E-state index contributed by atoms with van der Waals surface area (Å²) >= 11 is 0. The van der Waals surface area contributed by atoms with Gasteiger partial charge in [-0.15, -0.1) is 0 Å². The van der Waals surface area contributed by atoms with E-state index in [0.29, 0.717) is 6.54 Å². The molecule has 6 nitrogen and oxygen atoms in total. The summed E-state index contributed by atoms with van der Waals surface area (Å²) in [5.74, 6) is 0.177. The molecule has 0 aliphatic heterocycles. The molecule has 0 aliphatic carbocycles. The Kier molecular flexibility index (Phi) is 6.37. The predicted octanol–water partition coefficient (Wildman–Crippen LogP) is 0.801. The van der Waals surface area contributed by atoms with E-state index in [2.05, 4.69) is 10.6 Å². The lowest BCUT2D eigenvalue weighted by Crippen LogP contribution is -2.50. The van der Waals surface area contributed by atoms with Crippen LogP contribution >= 0.6 is 0 Å². The second-order valence-corrected chi connectivity index (χ2v) is 6.19. The van der Waals surface area contributed by atoms with Gasteiger partial charge in [0.05, 0.1) is 19.7 Å². The van der Waals surface area contributed by atoms with Crippen LogP contribution in [0.15, 0.2) is 24.3 Å². The fourth-order valence-corrected chi connectivity index (χ4v) is 1.68. The van der Waals surface area contributed by atoms with Gasteiger partial charge >= 0.3 is 0 Å². The van der Waals surface area contributed by atoms with Gasteiger partial charge in [0.2, 0.25) is 11.8 Å². The van der Waals surface area contributed by atoms with Gasteiger partial charge in [-0.2, -0.15) is 0 Å². The maximum atomic E-state index is 11.8. The molecule has 0 aromatic heterocycles. The van der Waals surface area contributed by atoms with Crippen LogP contribution in [-0.4, -0.2) is 31.5 Å².